The number of aliphatic hydroxyl groups excluding tert-OH is 1. The number of imidazole rings is 1. The van der Waals surface area contributed by atoms with Gasteiger partial charge in [-0.3, -0.25) is 18.5 Å². The van der Waals surface area contributed by atoms with Crippen LogP contribution in [-0.2, 0) is 20.1 Å². The lowest BCUT2D eigenvalue weighted by Gasteiger charge is -2.13. The van der Waals surface area contributed by atoms with Gasteiger partial charge in [0.15, 0.2) is 22.7 Å². The summed E-state index contributed by atoms with van der Waals surface area (Å²) in [5, 5.41) is 9.68. The summed E-state index contributed by atoms with van der Waals surface area (Å²) in [5.74, 6) is -1.64. The summed E-state index contributed by atoms with van der Waals surface area (Å²) >= 11 is 5.98. The molecule has 196 valence electrons. The molecule has 0 saturated carbocycles. The van der Waals surface area contributed by atoms with Crippen LogP contribution in [0, 0.1) is 12.7 Å². The van der Waals surface area contributed by atoms with Crippen LogP contribution in [0.5, 0.6) is 17.5 Å². The van der Waals surface area contributed by atoms with E-state index < -0.39 is 29.4 Å². The molecule has 0 bridgehead atoms. The predicted molar refractivity (Wildman–Crippen MR) is 129 cm³/mol. The molecule has 2 aromatic carbocycles. The quantitative estimate of drug-likeness (QED) is 0.348. The van der Waals surface area contributed by atoms with E-state index in [0.717, 1.165) is 21.3 Å². The number of nitrogens with zero attached hydrogens (tertiary/aromatic N) is 4. The van der Waals surface area contributed by atoms with Crippen molar-refractivity contribution in [3.05, 3.63) is 79.2 Å². The molecule has 0 fully saturated rings. The van der Waals surface area contributed by atoms with Gasteiger partial charge in [-0.05, 0) is 42.7 Å². The molecule has 2 heterocycles. The Labute approximate surface area is 212 Å². The van der Waals surface area contributed by atoms with E-state index in [0.29, 0.717) is 10.6 Å². The number of ether oxygens (including phenoxy) is 2. The van der Waals surface area contributed by atoms with E-state index in [9.17, 15) is 27.9 Å². The molecule has 0 amide bonds. The minimum Gasteiger partial charge on any atom is -0.435 e. The van der Waals surface area contributed by atoms with Gasteiger partial charge in [-0.2, -0.15) is 13.8 Å². The molecular formula is C24H22ClF3N4O5. The Bertz CT molecular complexity index is 1560. The maximum atomic E-state index is 14.9. The van der Waals surface area contributed by atoms with Crippen molar-refractivity contribution in [1.82, 2.24) is 18.7 Å². The Hall–Kier alpha value is -3.77. The van der Waals surface area contributed by atoms with Crippen molar-refractivity contribution in [2.45, 2.75) is 33.0 Å². The standard InChI is InChI=1S/C24H22ClF3N4O5/c1-13-10-16(36-22(27)28)11-17(18(13)26)37-23-29-20-19(32(23)12-14-4-6-15(25)7-5-14)21(34)31(8-3-9-33)24(35)30(20)2/h4-7,10-11,22,33H,3,8-9,12H2,1-2H3. The first-order valence-electron chi connectivity index (χ1n) is 11.1. The first-order valence-corrected chi connectivity index (χ1v) is 11.5. The molecule has 9 nitrogen and oxygen atoms in total. The van der Waals surface area contributed by atoms with Gasteiger partial charge >= 0.3 is 18.3 Å². The van der Waals surface area contributed by atoms with Crippen molar-refractivity contribution in [3.8, 4) is 17.5 Å². The van der Waals surface area contributed by atoms with Crippen LogP contribution in [0.25, 0.3) is 11.2 Å². The Kier molecular flexibility index (Phi) is 7.60. The van der Waals surface area contributed by atoms with E-state index in [1.165, 1.54) is 18.5 Å². The van der Waals surface area contributed by atoms with Gasteiger partial charge in [0.1, 0.15) is 5.75 Å². The summed E-state index contributed by atoms with van der Waals surface area (Å²) in [6.07, 6.45) is 0.163. The minimum atomic E-state index is -3.14. The zero-order valence-corrected chi connectivity index (χ0v) is 20.5. The van der Waals surface area contributed by atoms with Crippen LogP contribution < -0.4 is 20.7 Å². The van der Waals surface area contributed by atoms with E-state index in [4.69, 9.17) is 16.3 Å². The van der Waals surface area contributed by atoms with Crippen LogP contribution in [-0.4, -0.2) is 37.0 Å². The Morgan fingerprint density at radius 2 is 1.84 bits per heavy atom. The Balaban J connectivity index is 1.93. The molecule has 0 saturated heterocycles. The summed E-state index contributed by atoms with van der Waals surface area (Å²) in [6, 6.07) is 8.45. The van der Waals surface area contributed by atoms with Crippen LogP contribution in [0.2, 0.25) is 5.02 Å². The van der Waals surface area contributed by atoms with E-state index in [2.05, 4.69) is 9.72 Å². The van der Waals surface area contributed by atoms with E-state index in [-0.39, 0.29) is 54.6 Å². The van der Waals surface area contributed by atoms with Crippen molar-refractivity contribution >= 4 is 22.8 Å². The second-order valence-electron chi connectivity index (χ2n) is 8.19. The smallest absolute Gasteiger partial charge is 0.387 e. The average molecular weight is 539 g/mol. The second kappa shape index (κ2) is 10.7. The molecule has 0 aliphatic carbocycles. The van der Waals surface area contributed by atoms with Gasteiger partial charge in [-0.25, -0.2) is 9.18 Å². The fraction of sp³-hybridized carbons (Fsp3) is 0.292. The van der Waals surface area contributed by atoms with E-state index >= 15 is 0 Å². The van der Waals surface area contributed by atoms with Gasteiger partial charge < -0.3 is 14.6 Å². The van der Waals surface area contributed by atoms with E-state index in [1.807, 2.05) is 0 Å². The van der Waals surface area contributed by atoms with E-state index in [1.54, 1.807) is 24.3 Å². The number of fused-ring (bicyclic) bond motifs is 1. The van der Waals surface area contributed by atoms with Crippen molar-refractivity contribution in [1.29, 1.82) is 0 Å². The number of hydrogen-bond acceptors (Lipinski definition) is 6. The predicted octanol–water partition coefficient (Wildman–Crippen LogP) is 3.82. The van der Waals surface area contributed by atoms with Gasteiger partial charge in [0.25, 0.3) is 5.56 Å². The molecule has 1 N–H and O–H groups in total. The number of aryl methyl sites for hydroxylation is 2. The highest BCUT2D eigenvalue weighted by Gasteiger charge is 2.23. The number of aromatic nitrogens is 4. The summed E-state index contributed by atoms with van der Waals surface area (Å²) in [7, 11) is 1.41. The normalized spacial score (nSPS) is 11.5. The van der Waals surface area contributed by atoms with Gasteiger partial charge in [0.2, 0.25) is 0 Å². The molecule has 4 rings (SSSR count). The first kappa shape index (κ1) is 26.3. The minimum absolute atomic E-state index is 0.0119. The molecule has 0 aliphatic heterocycles. The van der Waals surface area contributed by atoms with Crippen LogP contribution in [0.15, 0.2) is 46.0 Å². The summed E-state index contributed by atoms with van der Waals surface area (Å²) in [6.45, 7) is -2.05. The van der Waals surface area contributed by atoms with Gasteiger partial charge in [-0.15, -0.1) is 0 Å². The average Bonchev–Trinajstić information content (AvgIpc) is 3.20. The Morgan fingerprint density at radius 3 is 2.49 bits per heavy atom. The zero-order valence-electron chi connectivity index (χ0n) is 19.8. The fourth-order valence-electron chi connectivity index (χ4n) is 3.82. The van der Waals surface area contributed by atoms with Crippen molar-refractivity contribution in [2.24, 2.45) is 7.05 Å². The Morgan fingerprint density at radius 1 is 1.14 bits per heavy atom. The number of aliphatic hydroxyl groups is 1. The summed E-state index contributed by atoms with van der Waals surface area (Å²) < 4.78 is 54.0. The molecule has 4 aromatic rings. The zero-order chi connectivity index (χ0) is 26.9. The van der Waals surface area contributed by atoms with Crippen LogP contribution >= 0.6 is 11.6 Å². The number of rotatable bonds is 9. The number of hydrogen-bond donors (Lipinski definition) is 1. The van der Waals surface area contributed by atoms with Crippen LogP contribution in [0.1, 0.15) is 17.5 Å². The highest BCUT2D eigenvalue weighted by Crippen LogP contribution is 2.32. The molecule has 0 spiro atoms. The summed E-state index contributed by atoms with van der Waals surface area (Å²) in [5.41, 5.74) is -0.738. The highest BCUT2D eigenvalue weighted by molar-refractivity contribution is 6.30. The van der Waals surface area contributed by atoms with Gasteiger partial charge in [-0.1, -0.05) is 23.7 Å². The lowest BCUT2D eigenvalue weighted by Crippen LogP contribution is -2.39. The number of alkyl halides is 2. The third-order valence-electron chi connectivity index (χ3n) is 5.61. The molecule has 0 aliphatic rings. The molecule has 37 heavy (non-hydrogen) atoms. The monoisotopic (exact) mass is 538 g/mol. The number of halogens is 4. The van der Waals surface area contributed by atoms with Gasteiger partial charge in [0.05, 0.1) is 6.54 Å². The third kappa shape index (κ3) is 5.35. The molecule has 0 radical (unpaired) electrons. The van der Waals surface area contributed by atoms with Crippen molar-refractivity contribution < 1.29 is 27.8 Å². The van der Waals surface area contributed by atoms with Crippen LogP contribution in [0.4, 0.5) is 13.2 Å². The van der Waals surface area contributed by atoms with Crippen molar-refractivity contribution in [2.75, 3.05) is 6.61 Å². The molecule has 0 unspecified atom stereocenters. The third-order valence-corrected chi connectivity index (χ3v) is 5.86. The highest BCUT2D eigenvalue weighted by atomic mass is 35.5. The van der Waals surface area contributed by atoms with Gasteiger partial charge in [0, 0.05) is 31.3 Å². The number of benzene rings is 2. The van der Waals surface area contributed by atoms with Crippen molar-refractivity contribution in [3.63, 3.8) is 0 Å². The maximum absolute atomic E-state index is 14.9. The maximum Gasteiger partial charge on any atom is 0.387 e. The fourth-order valence-corrected chi connectivity index (χ4v) is 3.95. The summed E-state index contributed by atoms with van der Waals surface area (Å²) in [4.78, 5) is 30.5. The lowest BCUT2D eigenvalue weighted by atomic mass is 10.2. The molecule has 0 atom stereocenters. The lowest BCUT2D eigenvalue weighted by molar-refractivity contribution is -0.0500. The molecular weight excluding hydrogens is 517 g/mol. The first-order chi connectivity index (χ1) is 17.6. The largest absolute Gasteiger partial charge is 0.435 e. The SMILES string of the molecule is Cc1cc(OC(F)F)cc(Oc2nc3c(c(=O)n(CCCO)c(=O)n3C)n2Cc2ccc(Cl)cc2)c1F. The molecule has 13 heteroatoms. The second-order valence-corrected chi connectivity index (χ2v) is 8.62. The van der Waals surface area contributed by atoms with Crippen LogP contribution in [0.3, 0.4) is 0 Å². The topological polar surface area (TPSA) is 101 Å². The molecule has 2 aromatic heterocycles.